The third-order valence-corrected chi connectivity index (χ3v) is 5.17. The van der Waals surface area contributed by atoms with E-state index in [-0.39, 0.29) is 17.9 Å². The van der Waals surface area contributed by atoms with E-state index in [1.165, 1.54) is 0 Å². The largest absolute Gasteiger partial charge is 0.325 e. The molecule has 2 N–H and O–H groups in total. The van der Waals surface area contributed by atoms with Crippen LogP contribution in [0.2, 0.25) is 0 Å². The molecule has 4 aromatic rings. The number of para-hydroxylation sites is 2. The molecule has 1 aliphatic rings. The molecule has 0 saturated carbocycles. The number of aromatic nitrogens is 5. The molecule has 1 aliphatic heterocycles. The molecule has 0 spiro atoms. The second-order valence-electron chi connectivity index (χ2n) is 7.30. The summed E-state index contributed by atoms with van der Waals surface area (Å²) in [5.74, 6) is 1.18. The number of aromatic amines is 1. The summed E-state index contributed by atoms with van der Waals surface area (Å²) in [4.78, 5) is 21.8. The van der Waals surface area contributed by atoms with Gasteiger partial charge in [-0.05, 0) is 38.1 Å². The molecule has 0 radical (unpaired) electrons. The summed E-state index contributed by atoms with van der Waals surface area (Å²) in [5, 5.41) is 10.3. The van der Waals surface area contributed by atoms with Crippen molar-refractivity contribution in [2.45, 2.75) is 32.2 Å². The molecule has 0 aliphatic carbocycles. The highest BCUT2D eigenvalue weighted by Crippen LogP contribution is 2.42. The quantitative estimate of drug-likeness (QED) is 0.571. The van der Waals surface area contributed by atoms with E-state index in [9.17, 15) is 4.79 Å². The molecule has 0 bridgehead atoms. The number of hydrogen-bond acceptors (Lipinski definition) is 4. The Morgan fingerprint density at radius 2 is 1.96 bits per heavy atom. The number of amides is 1. The number of carbonyl (C=O) groups is 1. The molecule has 140 valence electrons. The number of pyridine rings is 1. The summed E-state index contributed by atoms with van der Waals surface area (Å²) >= 11 is 0. The van der Waals surface area contributed by atoms with Crippen molar-refractivity contribution >= 4 is 22.8 Å². The summed E-state index contributed by atoms with van der Waals surface area (Å²) in [7, 11) is 0. The molecule has 7 nitrogen and oxygen atoms in total. The minimum absolute atomic E-state index is 0.0565. The fraction of sp³-hybridized carbons (Fsp3) is 0.238. The van der Waals surface area contributed by atoms with Crippen LogP contribution in [0.15, 0.2) is 48.7 Å². The van der Waals surface area contributed by atoms with Crippen molar-refractivity contribution in [1.29, 1.82) is 0 Å². The van der Waals surface area contributed by atoms with Crippen LogP contribution in [0.25, 0.3) is 22.4 Å². The Hall–Kier alpha value is -3.48. The standard InChI is InChI=1S/C21H20N6O/c1-12(2)27-16-9-4-3-7-14(16)23-21(27)13-11-17(28)24-20-18(13)19(25-26-20)15-8-5-6-10-22-15/h3-10,12-13H,11H2,1-2H3,(H2,24,25,26,28)/t13-/m0/s1. The van der Waals surface area contributed by atoms with Crippen LogP contribution in [0.4, 0.5) is 5.82 Å². The van der Waals surface area contributed by atoms with E-state index < -0.39 is 0 Å². The lowest BCUT2D eigenvalue weighted by atomic mass is 9.90. The number of benzene rings is 1. The second-order valence-corrected chi connectivity index (χ2v) is 7.30. The fourth-order valence-corrected chi connectivity index (χ4v) is 4.03. The van der Waals surface area contributed by atoms with E-state index in [0.29, 0.717) is 12.2 Å². The van der Waals surface area contributed by atoms with Gasteiger partial charge < -0.3 is 9.88 Å². The lowest BCUT2D eigenvalue weighted by Gasteiger charge is -2.24. The fourth-order valence-electron chi connectivity index (χ4n) is 4.03. The van der Waals surface area contributed by atoms with Crippen LogP contribution < -0.4 is 5.32 Å². The maximum atomic E-state index is 12.4. The zero-order chi connectivity index (χ0) is 19.3. The van der Waals surface area contributed by atoms with Crippen LogP contribution in [0, 0.1) is 0 Å². The molecule has 0 fully saturated rings. The normalized spacial score (nSPS) is 16.4. The van der Waals surface area contributed by atoms with Gasteiger partial charge in [-0.15, -0.1) is 0 Å². The summed E-state index contributed by atoms with van der Waals surface area (Å²) in [6, 6.07) is 14.1. The first-order valence-corrected chi connectivity index (χ1v) is 9.40. The van der Waals surface area contributed by atoms with Crippen LogP contribution in [0.5, 0.6) is 0 Å². The lowest BCUT2D eigenvalue weighted by Crippen LogP contribution is -2.25. The molecule has 0 saturated heterocycles. The number of carbonyl (C=O) groups excluding carboxylic acids is 1. The predicted octanol–water partition coefficient (Wildman–Crippen LogP) is 3.88. The highest BCUT2D eigenvalue weighted by molar-refractivity contribution is 5.96. The minimum Gasteiger partial charge on any atom is -0.325 e. The highest BCUT2D eigenvalue weighted by Gasteiger charge is 2.35. The summed E-state index contributed by atoms with van der Waals surface area (Å²) in [5.41, 5.74) is 4.56. The molecule has 28 heavy (non-hydrogen) atoms. The number of anilines is 1. The van der Waals surface area contributed by atoms with E-state index in [2.05, 4.69) is 45.0 Å². The van der Waals surface area contributed by atoms with E-state index in [1.54, 1.807) is 6.20 Å². The Morgan fingerprint density at radius 1 is 1.14 bits per heavy atom. The van der Waals surface area contributed by atoms with Crippen molar-refractivity contribution in [3.05, 3.63) is 60.0 Å². The van der Waals surface area contributed by atoms with Crippen LogP contribution in [0.1, 0.15) is 43.6 Å². The average Bonchev–Trinajstić information content (AvgIpc) is 3.29. The van der Waals surface area contributed by atoms with Gasteiger partial charge in [-0.1, -0.05) is 18.2 Å². The van der Waals surface area contributed by atoms with Gasteiger partial charge in [-0.2, -0.15) is 5.10 Å². The Labute approximate surface area is 161 Å². The van der Waals surface area contributed by atoms with Crippen LogP contribution in [0.3, 0.4) is 0 Å². The van der Waals surface area contributed by atoms with Gasteiger partial charge in [0.05, 0.1) is 28.3 Å². The first-order chi connectivity index (χ1) is 13.6. The van der Waals surface area contributed by atoms with Gasteiger partial charge in [-0.3, -0.25) is 14.9 Å². The maximum absolute atomic E-state index is 12.4. The summed E-state index contributed by atoms with van der Waals surface area (Å²) in [6.45, 7) is 4.27. The van der Waals surface area contributed by atoms with E-state index in [4.69, 9.17) is 4.98 Å². The number of fused-ring (bicyclic) bond motifs is 2. The van der Waals surface area contributed by atoms with Gasteiger partial charge in [0.2, 0.25) is 5.91 Å². The van der Waals surface area contributed by atoms with Crippen LogP contribution in [-0.2, 0) is 4.79 Å². The minimum atomic E-state index is -0.200. The summed E-state index contributed by atoms with van der Waals surface area (Å²) in [6.07, 6.45) is 2.07. The van der Waals surface area contributed by atoms with Gasteiger partial charge in [-0.25, -0.2) is 4.98 Å². The molecule has 1 amide bonds. The van der Waals surface area contributed by atoms with Crippen molar-refractivity contribution in [3.63, 3.8) is 0 Å². The molecule has 1 atom stereocenters. The van der Waals surface area contributed by atoms with Gasteiger partial charge in [0.25, 0.3) is 0 Å². The maximum Gasteiger partial charge on any atom is 0.226 e. The van der Waals surface area contributed by atoms with Gasteiger partial charge in [0.1, 0.15) is 5.82 Å². The Kier molecular flexibility index (Phi) is 3.75. The third kappa shape index (κ3) is 2.51. The Bertz CT molecular complexity index is 1170. The van der Waals surface area contributed by atoms with Crippen molar-refractivity contribution in [2.24, 2.45) is 0 Å². The molecular weight excluding hydrogens is 352 g/mol. The summed E-state index contributed by atoms with van der Waals surface area (Å²) < 4.78 is 2.22. The van der Waals surface area contributed by atoms with E-state index >= 15 is 0 Å². The predicted molar refractivity (Wildman–Crippen MR) is 107 cm³/mol. The zero-order valence-corrected chi connectivity index (χ0v) is 15.7. The highest BCUT2D eigenvalue weighted by atomic mass is 16.1. The Balaban J connectivity index is 1.75. The molecule has 5 rings (SSSR count). The molecule has 3 aromatic heterocycles. The monoisotopic (exact) mass is 372 g/mol. The number of imidazole rings is 1. The molecule has 4 heterocycles. The van der Waals surface area contributed by atoms with Crippen molar-refractivity contribution < 1.29 is 4.79 Å². The Morgan fingerprint density at radius 3 is 2.75 bits per heavy atom. The average molecular weight is 372 g/mol. The van der Waals surface area contributed by atoms with Crippen LogP contribution >= 0.6 is 0 Å². The van der Waals surface area contributed by atoms with Crippen molar-refractivity contribution in [1.82, 2.24) is 24.7 Å². The molecule has 0 unspecified atom stereocenters. The molecule has 1 aromatic carbocycles. The number of nitrogens with one attached hydrogen (secondary N) is 2. The molecular formula is C21H20N6O. The van der Waals surface area contributed by atoms with Crippen LogP contribution in [-0.4, -0.2) is 30.6 Å². The first-order valence-electron chi connectivity index (χ1n) is 9.40. The lowest BCUT2D eigenvalue weighted by molar-refractivity contribution is -0.116. The van der Waals surface area contributed by atoms with Crippen molar-refractivity contribution in [3.8, 4) is 11.4 Å². The second kappa shape index (κ2) is 6.30. The topological polar surface area (TPSA) is 88.5 Å². The number of rotatable bonds is 3. The van der Waals surface area contributed by atoms with Gasteiger partial charge >= 0.3 is 0 Å². The van der Waals surface area contributed by atoms with Crippen molar-refractivity contribution in [2.75, 3.05) is 5.32 Å². The molecule has 7 heteroatoms. The zero-order valence-electron chi connectivity index (χ0n) is 15.7. The van der Waals surface area contributed by atoms with Gasteiger partial charge in [0, 0.05) is 24.2 Å². The van der Waals surface area contributed by atoms with E-state index in [1.807, 2.05) is 36.4 Å². The third-order valence-electron chi connectivity index (χ3n) is 5.17. The number of H-pyrrole nitrogens is 1. The number of hydrogen-bond donors (Lipinski definition) is 2. The first kappa shape index (κ1) is 16.7. The van der Waals surface area contributed by atoms with E-state index in [0.717, 1.165) is 33.8 Å². The SMILES string of the molecule is CC(C)n1c([C@H]2CC(=O)Nc3n[nH]c(-c4ccccn4)c32)nc2ccccc21. The smallest absolute Gasteiger partial charge is 0.226 e. The van der Waals surface area contributed by atoms with Gasteiger partial charge in [0.15, 0.2) is 5.82 Å². The number of nitrogens with zero attached hydrogens (tertiary/aromatic N) is 4.